The highest BCUT2D eigenvalue weighted by molar-refractivity contribution is 7.78. The average Bonchev–Trinajstić information content (AvgIpc) is 3.14. The fourth-order valence-electron chi connectivity index (χ4n) is 2.01. The number of ether oxygens (including phenoxy) is 2. The molecule has 0 aromatic carbocycles. The molecule has 0 aliphatic rings. The largest absolute Gasteiger partial charge is 0.463 e. The first-order chi connectivity index (χ1) is 11.4. The molecule has 24 heavy (non-hydrogen) atoms. The van der Waals surface area contributed by atoms with Gasteiger partial charge in [0.2, 0.25) is 0 Å². The zero-order valence-corrected chi connectivity index (χ0v) is 14.0. The zero-order chi connectivity index (χ0) is 17.3. The quantitative estimate of drug-likeness (QED) is 0.668. The SMILES string of the molecule is CC(C)(C)OC(=O)n1cnc2c(-c3ccco3)nc(OC=S)nc21. The zero-order valence-electron chi connectivity index (χ0n) is 13.2. The molecule has 0 atom stereocenters. The number of carbonyl (C=O) groups excluding carboxylic acids is 1. The van der Waals surface area contributed by atoms with E-state index in [0.717, 1.165) is 5.55 Å². The fourth-order valence-corrected chi connectivity index (χ4v) is 2.09. The first-order valence-corrected chi connectivity index (χ1v) is 7.49. The van der Waals surface area contributed by atoms with Crippen molar-refractivity contribution in [1.29, 1.82) is 0 Å². The van der Waals surface area contributed by atoms with Crippen LogP contribution in [0.4, 0.5) is 4.79 Å². The summed E-state index contributed by atoms with van der Waals surface area (Å²) in [6.07, 6.45) is 2.22. The van der Waals surface area contributed by atoms with Gasteiger partial charge in [0.05, 0.1) is 6.26 Å². The minimum absolute atomic E-state index is 0.0193. The first-order valence-electron chi connectivity index (χ1n) is 7.01. The van der Waals surface area contributed by atoms with Gasteiger partial charge >= 0.3 is 12.1 Å². The lowest BCUT2D eigenvalue weighted by Gasteiger charge is -2.19. The Morgan fingerprint density at radius 3 is 2.79 bits per heavy atom. The summed E-state index contributed by atoms with van der Waals surface area (Å²) in [7, 11) is 0. The van der Waals surface area contributed by atoms with E-state index in [4.69, 9.17) is 13.9 Å². The van der Waals surface area contributed by atoms with Crippen LogP contribution in [0.15, 0.2) is 29.1 Å². The van der Waals surface area contributed by atoms with Crippen molar-refractivity contribution >= 4 is 35.0 Å². The van der Waals surface area contributed by atoms with Crippen molar-refractivity contribution in [2.45, 2.75) is 26.4 Å². The van der Waals surface area contributed by atoms with Gasteiger partial charge in [-0.1, -0.05) is 0 Å². The van der Waals surface area contributed by atoms with Gasteiger partial charge in [0.15, 0.2) is 17.0 Å². The van der Waals surface area contributed by atoms with Crippen molar-refractivity contribution in [3.05, 3.63) is 24.7 Å². The van der Waals surface area contributed by atoms with Gasteiger partial charge in [-0.05, 0) is 45.1 Å². The van der Waals surface area contributed by atoms with E-state index in [1.165, 1.54) is 17.2 Å². The number of thiocarbonyl (C=S) groups is 1. The maximum Gasteiger partial charge on any atom is 0.421 e. The highest BCUT2D eigenvalue weighted by Crippen LogP contribution is 2.27. The predicted molar refractivity (Wildman–Crippen MR) is 88.9 cm³/mol. The minimum Gasteiger partial charge on any atom is -0.463 e. The molecule has 0 radical (unpaired) electrons. The van der Waals surface area contributed by atoms with Crippen LogP contribution in [0, 0.1) is 0 Å². The summed E-state index contributed by atoms with van der Waals surface area (Å²) in [6, 6.07) is 3.41. The molecular weight excluding hydrogens is 332 g/mol. The Kier molecular flexibility index (Phi) is 4.02. The van der Waals surface area contributed by atoms with Gasteiger partial charge in [-0.3, -0.25) is 0 Å². The second-order valence-corrected chi connectivity index (χ2v) is 6.01. The van der Waals surface area contributed by atoms with Crippen molar-refractivity contribution in [2.75, 3.05) is 0 Å². The Morgan fingerprint density at radius 2 is 2.17 bits per heavy atom. The molecule has 0 amide bonds. The smallest absolute Gasteiger partial charge is 0.421 e. The summed E-state index contributed by atoms with van der Waals surface area (Å²) >= 11 is 4.67. The average molecular weight is 346 g/mol. The Bertz CT molecular complexity index is 896. The highest BCUT2D eigenvalue weighted by atomic mass is 32.1. The number of aromatic nitrogens is 4. The van der Waals surface area contributed by atoms with Crippen LogP contribution >= 0.6 is 12.2 Å². The van der Waals surface area contributed by atoms with E-state index in [0.29, 0.717) is 17.0 Å². The molecule has 0 saturated carbocycles. The second-order valence-electron chi connectivity index (χ2n) is 5.81. The molecule has 3 rings (SSSR count). The van der Waals surface area contributed by atoms with Crippen LogP contribution in [0.1, 0.15) is 20.8 Å². The third-order valence-corrected chi connectivity index (χ3v) is 2.97. The normalized spacial score (nSPS) is 11.5. The van der Waals surface area contributed by atoms with Crippen LogP contribution < -0.4 is 4.74 Å². The van der Waals surface area contributed by atoms with Gasteiger partial charge in [-0.15, -0.1) is 0 Å². The Morgan fingerprint density at radius 1 is 1.38 bits per heavy atom. The second kappa shape index (κ2) is 6.00. The molecular formula is C15H14N4O4S. The molecule has 0 N–H and O–H groups in total. The van der Waals surface area contributed by atoms with Crippen molar-refractivity contribution in [3.63, 3.8) is 0 Å². The van der Waals surface area contributed by atoms with E-state index in [2.05, 4.69) is 27.2 Å². The molecule has 3 heterocycles. The number of imidazole rings is 1. The number of furan rings is 1. The molecule has 0 fully saturated rings. The number of carbonyl (C=O) groups is 1. The molecule has 0 aliphatic heterocycles. The van der Waals surface area contributed by atoms with Crippen molar-refractivity contribution < 1.29 is 18.7 Å². The molecule has 0 saturated heterocycles. The maximum atomic E-state index is 12.4. The molecule has 3 aromatic heterocycles. The van der Waals surface area contributed by atoms with Crippen LogP contribution in [0.3, 0.4) is 0 Å². The van der Waals surface area contributed by atoms with Crippen molar-refractivity contribution in [1.82, 2.24) is 19.5 Å². The van der Waals surface area contributed by atoms with Crippen LogP contribution in [-0.2, 0) is 4.74 Å². The van der Waals surface area contributed by atoms with Gasteiger partial charge in [0.25, 0.3) is 0 Å². The van der Waals surface area contributed by atoms with Crippen LogP contribution in [0.5, 0.6) is 6.01 Å². The van der Waals surface area contributed by atoms with E-state index in [1.54, 1.807) is 32.9 Å². The highest BCUT2D eigenvalue weighted by Gasteiger charge is 2.23. The van der Waals surface area contributed by atoms with Gasteiger partial charge in [-0.2, -0.15) is 9.97 Å². The number of rotatable bonds is 3. The Balaban J connectivity index is 2.17. The summed E-state index contributed by atoms with van der Waals surface area (Å²) in [5.74, 6) is 0.464. The van der Waals surface area contributed by atoms with Gasteiger partial charge in [-0.25, -0.2) is 14.3 Å². The maximum absolute atomic E-state index is 12.4. The monoisotopic (exact) mass is 346 g/mol. The Labute approximate surface area is 142 Å². The standard InChI is InChI=1S/C15H14N4O4S/c1-15(2,3)23-14(20)19-7-16-11-10(9-5-4-6-21-9)17-13(22-8-24)18-12(11)19/h4-8H,1-3H3. The molecule has 0 bridgehead atoms. The van der Waals surface area contributed by atoms with Gasteiger partial charge in [0.1, 0.15) is 23.1 Å². The van der Waals surface area contributed by atoms with Crippen LogP contribution in [0.25, 0.3) is 22.6 Å². The minimum atomic E-state index is -0.654. The lowest BCUT2D eigenvalue weighted by atomic mass is 10.2. The van der Waals surface area contributed by atoms with Crippen molar-refractivity contribution in [2.24, 2.45) is 0 Å². The third-order valence-electron chi connectivity index (χ3n) is 2.87. The summed E-state index contributed by atoms with van der Waals surface area (Å²) in [4.78, 5) is 25.0. The summed E-state index contributed by atoms with van der Waals surface area (Å²) in [5.41, 5.74) is 1.38. The molecule has 8 nitrogen and oxygen atoms in total. The van der Waals surface area contributed by atoms with E-state index >= 15 is 0 Å². The molecule has 124 valence electrons. The Hall–Kier alpha value is -2.81. The number of nitrogens with zero attached hydrogens (tertiary/aromatic N) is 4. The van der Waals surface area contributed by atoms with Crippen molar-refractivity contribution in [3.8, 4) is 17.5 Å². The fraction of sp³-hybridized carbons (Fsp3) is 0.267. The first kappa shape index (κ1) is 16.1. The molecule has 0 spiro atoms. The lowest BCUT2D eigenvalue weighted by molar-refractivity contribution is 0.0542. The number of fused-ring (bicyclic) bond motifs is 1. The summed E-state index contributed by atoms with van der Waals surface area (Å²) in [6.45, 7) is 5.32. The third kappa shape index (κ3) is 3.11. The van der Waals surface area contributed by atoms with E-state index in [9.17, 15) is 4.79 Å². The van der Waals surface area contributed by atoms with E-state index in [-0.39, 0.29) is 11.7 Å². The van der Waals surface area contributed by atoms with Crippen LogP contribution in [0.2, 0.25) is 0 Å². The van der Waals surface area contributed by atoms with Gasteiger partial charge < -0.3 is 13.9 Å². The summed E-state index contributed by atoms with van der Waals surface area (Å²) < 4.78 is 17.0. The predicted octanol–water partition coefficient (Wildman–Crippen LogP) is 3.21. The summed E-state index contributed by atoms with van der Waals surface area (Å²) in [5, 5.41) is 0. The van der Waals surface area contributed by atoms with Crippen LogP contribution in [-0.4, -0.2) is 36.8 Å². The molecule has 0 aliphatic carbocycles. The lowest BCUT2D eigenvalue weighted by Crippen LogP contribution is -2.27. The number of hydrogen-bond donors (Lipinski definition) is 0. The molecule has 3 aromatic rings. The molecule has 9 heteroatoms. The van der Waals surface area contributed by atoms with Gasteiger partial charge in [0, 0.05) is 0 Å². The van der Waals surface area contributed by atoms with E-state index < -0.39 is 11.7 Å². The topological polar surface area (TPSA) is 92.3 Å². The molecule has 0 unspecified atom stereocenters. The van der Waals surface area contributed by atoms with E-state index in [1.807, 2.05) is 0 Å². The number of hydrogen-bond acceptors (Lipinski definition) is 8.